The first-order valence-corrected chi connectivity index (χ1v) is 8.68. The lowest BCUT2D eigenvalue weighted by Crippen LogP contribution is -2.54. The molecule has 3 aliphatic heterocycles. The monoisotopic (exact) mass is 327 g/mol. The van der Waals surface area contributed by atoms with Gasteiger partial charge in [-0.05, 0) is 37.3 Å². The fourth-order valence-corrected chi connectivity index (χ4v) is 4.54. The van der Waals surface area contributed by atoms with Crippen molar-refractivity contribution in [2.75, 3.05) is 0 Å². The maximum Gasteiger partial charge on any atom is 0.229 e. The summed E-state index contributed by atoms with van der Waals surface area (Å²) in [5.74, 6) is 0.0482. The minimum atomic E-state index is -0.0421. The molecule has 0 saturated carbocycles. The number of carbonyl (C=O) groups excluding carboxylic acids is 3. The SMILES string of the molecule is O=C1CCC(=O)N1C1CC2CCC(C1)N2C(=O)Cc1cccnc1. The van der Waals surface area contributed by atoms with Gasteiger partial charge in [0.1, 0.15) is 0 Å². The summed E-state index contributed by atoms with van der Waals surface area (Å²) in [6.45, 7) is 0. The number of aromatic nitrogens is 1. The highest BCUT2D eigenvalue weighted by Crippen LogP contribution is 2.39. The number of piperidine rings is 1. The summed E-state index contributed by atoms with van der Waals surface area (Å²) in [5, 5.41) is 0. The summed E-state index contributed by atoms with van der Waals surface area (Å²) in [4.78, 5) is 44.3. The molecule has 0 aromatic carbocycles. The van der Waals surface area contributed by atoms with Crippen molar-refractivity contribution in [1.82, 2.24) is 14.8 Å². The summed E-state index contributed by atoms with van der Waals surface area (Å²) >= 11 is 0. The number of hydrogen-bond donors (Lipinski definition) is 0. The molecule has 6 nitrogen and oxygen atoms in total. The zero-order valence-corrected chi connectivity index (χ0v) is 13.6. The molecular weight excluding hydrogens is 306 g/mol. The van der Waals surface area contributed by atoms with Crippen LogP contribution in [0.1, 0.15) is 44.1 Å². The average Bonchev–Trinajstić information content (AvgIpc) is 3.05. The van der Waals surface area contributed by atoms with Gasteiger partial charge in [-0.3, -0.25) is 24.3 Å². The van der Waals surface area contributed by atoms with Gasteiger partial charge in [-0.25, -0.2) is 0 Å². The first-order valence-electron chi connectivity index (χ1n) is 8.68. The van der Waals surface area contributed by atoms with E-state index >= 15 is 0 Å². The quantitative estimate of drug-likeness (QED) is 0.785. The first-order chi connectivity index (χ1) is 11.6. The molecule has 4 heterocycles. The second-order valence-corrected chi connectivity index (χ2v) is 7.01. The van der Waals surface area contributed by atoms with E-state index in [1.807, 2.05) is 17.0 Å². The molecule has 2 atom stereocenters. The molecule has 3 aliphatic rings. The molecule has 0 spiro atoms. The van der Waals surface area contributed by atoms with E-state index in [2.05, 4.69) is 4.98 Å². The van der Waals surface area contributed by atoms with Crippen LogP contribution in [0.25, 0.3) is 0 Å². The third kappa shape index (κ3) is 2.60. The van der Waals surface area contributed by atoms with Crippen molar-refractivity contribution in [1.29, 1.82) is 0 Å². The smallest absolute Gasteiger partial charge is 0.229 e. The highest BCUT2D eigenvalue weighted by molar-refractivity contribution is 6.02. The van der Waals surface area contributed by atoms with E-state index in [9.17, 15) is 14.4 Å². The van der Waals surface area contributed by atoms with Crippen LogP contribution in [-0.2, 0) is 20.8 Å². The molecule has 4 rings (SSSR count). The number of imide groups is 1. The predicted molar refractivity (Wildman–Crippen MR) is 85.7 cm³/mol. The Kier molecular flexibility index (Phi) is 3.82. The van der Waals surface area contributed by atoms with Crippen LogP contribution < -0.4 is 0 Å². The lowest BCUT2D eigenvalue weighted by atomic mass is 9.95. The van der Waals surface area contributed by atoms with Crippen LogP contribution in [0.5, 0.6) is 0 Å². The number of amides is 3. The fraction of sp³-hybridized carbons (Fsp3) is 0.556. The van der Waals surface area contributed by atoms with Crippen molar-refractivity contribution >= 4 is 17.7 Å². The van der Waals surface area contributed by atoms with E-state index in [-0.39, 0.29) is 35.8 Å². The number of fused-ring (bicyclic) bond motifs is 2. The topological polar surface area (TPSA) is 70.6 Å². The van der Waals surface area contributed by atoms with Gasteiger partial charge < -0.3 is 4.90 Å². The van der Waals surface area contributed by atoms with Crippen LogP contribution in [0.15, 0.2) is 24.5 Å². The van der Waals surface area contributed by atoms with Gasteiger partial charge in [0.2, 0.25) is 17.7 Å². The van der Waals surface area contributed by atoms with Crippen LogP contribution in [0.2, 0.25) is 0 Å². The molecule has 0 radical (unpaired) electrons. The third-order valence-electron chi connectivity index (χ3n) is 5.53. The van der Waals surface area contributed by atoms with Crippen molar-refractivity contribution in [3.8, 4) is 0 Å². The molecular formula is C18H21N3O3. The normalized spacial score (nSPS) is 29.4. The van der Waals surface area contributed by atoms with Crippen molar-refractivity contribution < 1.29 is 14.4 Å². The second-order valence-electron chi connectivity index (χ2n) is 7.01. The maximum atomic E-state index is 12.7. The van der Waals surface area contributed by atoms with Gasteiger partial charge >= 0.3 is 0 Å². The largest absolute Gasteiger partial charge is 0.336 e. The van der Waals surface area contributed by atoms with Gasteiger partial charge in [0.05, 0.1) is 6.42 Å². The molecule has 2 unspecified atom stereocenters. The van der Waals surface area contributed by atoms with Gasteiger partial charge in [0, 0.05) is 43.4 Å². The molecule has 3 saturated heterocycles. The Morgan fingerprint density at radius 1 is 1.08 bits per heavy atom. The highest BCUT2D eigenvalue weighted by atomic mass is 16.2. The zero-order valence-electron chi connectivity index (χ0n) is 13.6. The zero-order chi connectivity index (χ0) is 16.7. The molecule has 3 fully saturated rings. The van der Waals surface area contributed by atoms with Gasteiger partial charge in [-0.2, -0.15) is 0 Å². The summed E-state index contributed by atoms with van der Waals surface area (Å²) < 4.78 is 0. The molecule has 6 heteroatoms. The van der Waals surface area contributed by atoms with Gasteiger partial charge in [0.15, 0.2) is 0 Å². The molecule has 1 aromatic rings. The Morgan fingerprint density at radius 2 is 1.75 bits per heavy atom. The number of carbonyl (C=O) groups is 3. The van der Waals surface area contributed by atoms with E-state index in [0.29, 0.717) is 19.3 Å². The summed E-state index contributed by atoms with van der Waals surface area (Å²) in [6, 6.07) is 4.04. The Labute approximate surface area is 140 Å². The van der Waals surface area contributed by atoms with Crippen LogP contribution in [0.3, 0.4) is 0 Å². The molecule has 126 valence electrons. The molecule has 2 bridgehead atoms. The second kappa shape index (κ2) is 6.00. The molecule has 24 heavy (non-hydrogen) atoms. The van der Waals surface area contributed by atoms with Crippen LogP contribution in [0, 0.1) is 0 Å². The summed E-state index contributed by atoms with van der Waals surface area (Å²) in [7, 11) is 0. The fourth-order valence-electron chi connectivity index (χ4n) is 4.54. The van der Waals surface area contributed by atoms with Crippen LogP contribution >= 0.6 is 0 Å². The van der Waals surface area contributed by atoms with Crippen molar-refractivity contribution in [2.24, 2.45) is 0 Å². The number of nitrogens with zero attached hydrogens (tertiary/aromatic N) is 3. The third-order valence-corrected chi connectivity index (χ3v) is 5.53. The summed E-state index contributed by atoms with van der Waals surface area (Å²) in [6.07, 6.45) is 7.88. The number of likely N-dealkylation sites (tertiary alicyclic amines) is 1. The van der Waals surface area contributed by atoms with Crippen LogP contribution in [-0.4, -0.2) is 50.6 Å². The van der Waals surface area contributed by atoms with E-state index < -0.39 is 0 Å². The Bertz CT molecular complexity index is 645. The number of rotatable bonds is 3. The molecule has 0 N–H and O–H groups in total. The molecule has 0 aliphatic carbocycles. The minimum Gasteiger partial charge on any atom is -0.336 e. The van der Waals surface area contributed by atoms with Crippen molar-refractivity contribution in [3.05, 3.63) is 30.1 Å². The van der Waals surface area contributed by atoms with Gasteiger partial charge in [-0.15, -0.1) is 0 Å². The van der Waals surface area contributed by atoms with E-state index in [1.54, 1.807) is 12.4 Å². The minimum absolute atomic E-state index is 0.0209. The van der Waals surface area contributed by atoms with E-state index in [4.69, 9.17) is 0 Å². The molecule has 3 amide bonds. The lowest BCUT2D eigenvalue weighted by Gasteiger charge is -2.41. The maximum absolute atomic E-state index is 12.7. The Balaban J connectivity index is 1.46. The Morgan fingerprint density at radius 3 is 2.33 bits per heavy atom. The first kappa shape index (κ1) is 15.3. The van der Waals surface area contributed by atoms with Gasteiger partial charge in [-0.1, -0.05) is 6.07 Å². The standard InChI is InChI=1S/C18H21N3O3/c22-16-5-6-17(23)21(16)15-9-13-3-4-14(10-15)20(13)18(24)8-12-2-1-7-19-11-12/h1-2,7,11,13-15H,3-6,8-10H2. The van der Waals surface area contributed by atoms with E-state index in [1.165, 1.54) is 4.90 Å². The lowest BCUT2D eigenvalue weighted by molar-refractivity contribution is -0.144. The van der Waals surface area contributed by atoms with Crippen molar-refractivity contribution in [3.63, 3.8) is 0 Å². The molecule has 1 aromatic heterocycles. The predicted octanol–water partition coefficient (Wildman–Crippen LogP) is 1.30. The Hall–Kier alpha value is -2.24. The summed E-state index contributed by atoms with van der Waals surface area (Å²) in [5.41, 5.74) is 0.925. The average molecular weight is 327 g/mol. The van der Waals surface area contributed by atoms with Crippen molar-refractivity contribution in [2.45, 2.75) is 63.1 Å². The number of hydrogen-bond acceptors (Lipinski definition) is 4. The van der Waals surface area contributed by atoms with E-state index in [0.717, 1.165) is 31.2 Å². The van der Waals surface area contributed by atoms with Crippen LogP contribution in [0.4, 0.5) is 0 Å². The highest BCUT2D eigenvalue weighted by Gasteiger charge is 2.47. The van der Waals surface area contributed by atoms with Gasteiger partial charge in [0.25, 0.3) is 0 Å². The number of pyridine rings is 1.